The Kier molecular flexibility index (Phi) is 16.7. The maximum absolute atomic E-state index is 12.3. The van der Waals surface area contributed by atoms with Gasteiger partial charge < -0.3 is 41.0 Å². The second-order valence-corrected chi connectivity index (χ2v) is 11.7. The number of rotatable bonds is 11. The second kappa shape index (κ2) is 19.9. The fourth-order valence-corrected chi connectivity index (χ4v) is 5.25. The number of nitrogens with zero attached hydrogens (tertiary/aromatic N) is 5. The highest BCUT2D eigenvalue weighted by Gasteiger charge is 2.28. The van der Waals surface area contributed by atoms with Crippen LogP contribution in [0.3, 0.4) is 0 Å². The topological polar surface area (TPSA) is 179 Å². The van der Waals surface area contributed by atoms with Gasteiger partial charge in [0.05, 0.1) is 35.3 Å². The van der Waals surface area contributed by atoms with E-state index in [0.717, 1.165) is 82.9 Å². The molecule has 0 bridgehead atoms. The zero-order valence-electron chi connectivity index (χ0n) is 28.6. The van der Waals surface area contributed by atoms with Gasteiger partial charge in [-0.1, -0.05) is 27.7 Å². The SMILES string of the molecule is CCN(CC)C[C@@H]1CN(c2ccc([N+](=O)[O-])c(N)c2)[C@@H](C)CO1.CCN(CC)C[C@@H]1CN[C@@H](C)CO1.Nc1cc(F)ccc1[N+](=O)[O-]. The molecule has 4 atom stereocenters. The predicted octanol–water partition coefficient (Wildman–Crippen LogP) is 4.13. The highest BCUT2D eigenvalue weighted by Crippen LogP contribution is 2.29. The highest BCUT2D eigenvalue weighted by molar-refractivity contribution is 5.67. The van der Waals surface area contributed by atoms with Crippen LogP contribution in [0.5, 0.6) is 0 Å². The summed E-state index contributed by atoms with van der Waals surface area (Å²) in [5.41, 5.74) is 11.6. The second-order valence-electron chi connectivity index (χ2n) is 11.7. The molecule has 2 aromatic carbocycles. The normalized spacial score (nSPS) is 21.0. The number of morpholine rings is 2. The molecule has 2 heterocycles. The van der Waals surface area contributed by atoms with Crippen molar-refractivity contribution in [3.8, 4) is 0 Å². The van der Waals surface area contributed by atoms with Crippen molar-refractivity contribution >= 4 is 28.4 Å². The van der Waals surface area contributed by atoms with Crippen LogP contribution in [0.25, 0.3) is 0 Å². The molecule has 0 amide bonds. The van der Waals surface area contributed by atoms with E-state index in [1.165, 1.54) is 6.07 Å². The average molecular weight is 665 g/mol. The minimum absolute atomic E-state index is 0.0469. The first-order chi connectivity index (χ1) is 22.3. The first-order valence-corrected chi connectivity index (χ1v) is 16.2. The molecule has 2 aliphatic heterocycles. The summed E-state index contributed by atoms with van der Waals surface area (Å²) in [5, 5.41) is 24.5. The maximum atomic E-state index is 12.3. The summed E-state index contributed by atoms with van der Waals surface area (Å²) in [6.07, 6.45) is 0.513. The third kappa shape index (κ3) is 12.8. The molecule has 0 saturated carbocycles. The first-order valence-electron chi connectivity index (χ1n) is 16.2. The van der Waals surface area contributed by atoms with E-state index < -0.39 is 15.7 Å². The van der Waals surface area contributed by atoms with Gasteiger partial charge in [0.15, 0.2) is 0 Å². The number of hydrogen-bond donors (Lipinski definition) is 3. The summed E-state index contributed by atoms with van der Waals surface area (Å²) in [6.45, 7) is 22.4. The van der Waals surface area contributed by atoms with Crippen LogP contribution in [0.4, 0.5) is 32.8 Å². The van der Waals surface area contributed by atoms with E-state index in [0.29, 0.717) is 18.8 Å². The number of nitrogens with one attached hydrogen (secondary N) is 1. The van der Waals surface area contributed by atoms with Gasteiger partial charge >= 0.3 is 0 Å². The van der Waals surface area contributed by atoms with E-state index in [-0.39, 0.29) is 34.9 Å². The summed E-state index contributed by atoms with van der Waals surface area (Å²) >= 11 is 0. The lowest BCUT2D eigenvalue weighted by atomic mass is 10.1. The van der Waals surface area contributed by atoms with Gasteiger partial charge in [-0.3, -0.25) is 20.2 Å². The number of halogens is 1. The molecule has 2 aliphatic rings. The molecule has 5 N–H and O–H groups in total. The number of hydrogen-bond acceptors (Lipinski definition) is 12. The Morgan fingerprint density at radius 2 is 1.36 bits per heavy atom. The first kappa shape index (κ1) is 39.5. The summed E-state index contributed by atoms with van der Waals surface area (Å²) in [6, 6.07) is 8.61. The molecule has 2 saturated heterocycles. The van der Waals surface area contributed by atoms with Crippen LogP contribution in [0, 0.1) is 26.0 Å². The molecular formula is C32H53FN8O6. The van der Waals surface area contributed by atoms with Gasteiger partial charge in [0.2, 0.25) is 0 Å². The lowest BCUT2D eigenvalue weighted by Crippen LogP contribution is -2.52. The molecule has 0 aromatic heterocycles. The number of ether oxygens (including phenoxy) is 2. The van der Waals surface area contributed by atoms with Crippen LogP contribution in [-0.4, -0.2) is 110 Å². The summed E-state index contributed by atoms with van der Waals surface area (Å²) in [5.74, 6) is -0.576. The monoisotopic (exact) mass is 664 g/mol. The highest BCUT2D eigenvalue weighted by atomic mass is 19.1. The largest absolute Gasteiger partial charge is 0.393 e. The zero-order valence-corrected chi connectivity index (χ0v) is 28.6. The number of benzene rings is 2. The standard InChI is InChI=1S/C16H26N4O3.C10H22N2O.C6H5FN2O2/c1-4-18(5-2)9-14-10-19(12(3)11-23-14)13-6-7-16(20(21)22)15(17)8-13;1-4-12(5-2)7-10-6-11-9(3)8-13-10;7-4-1-2-6(9(10)11)5(8)3-4/h6-8,12,14H,4-5,9-11,17H2,1-3H3;9-11H,4-8H2,1-3H3;1-3H,8H2/t12-,14+;9-,10-;/m00./s1. The van der Waals surface area contributed by atoms with E-state index >= 15 is 0 Å². The molecule has 0 unspecified atom stereocenters. The van der Waals surface area contributed by atoms with Crippen LogP contribution in [0.1, 0.15) is 41.5 Å². The molecule has 0 aliphatic carbocycles. The summed E-state index contributed by atoms with van der Waals surface area (Å²) in [7, 11) is 0. The summed E-state index contributed by atoms with van der Waals surface area (Å²) < 4.78 is 24.0. The van der Waals surface area contributed by atoms with Crippen molar-refractivity contribution in [3.05, 3.63) is 62.4 Å². The van der Waals surface area contributed by atoms with Crippen molar-refractivity contribution in [2.24, 2.45) is 0 Å². The van der Waals surface area contributed by atoms with Crippen molar-refractivity contribution in [2.45, 2.75) is 65.8 Å². The maximum Gasteiger partial charge on any atom is 0.292 e. The predicted molar refractivity (Wildman–Crippen MR) is 184 cm³/mol. The van der Waals surface area contributed by atoms with Crippen LogP contribution >= 0.6 is 0 Å². The van der Waals surface area contributed by atoms with Gasteiger partial charge in [-0.05, 0) is 58.2 Å². The molecular weight excluding hydrogens is 611 g/mol. The van der Waals surface area contributed by atoms with Crippen LogP contribution < -0.4 is 21.7 Å². The minimum Gasteiger partial charge on any atom is -0.393 e. The van der Waals surface area contributed by atoms with Gasteiger partial charge in [-0.2, -0.15) is 0 Å². The summed E-state index contributed by atoms with van der Waals surface area (Å²) in [4.78, 5) is 26.9. The average Bonchev–Trinajstić information content (AvgIpc) is 3.04. The molecule has 2 aromatic rings. The molecule has 0 spiro atoms. The van der Waals surface area contributed by atoms with Gasteiger partial charge in [0, 0.05) is 62.1 Å². The molecule has 15 heteroatoms. The van der Waals surface area contributed by atoms with Crippen molar-refractivity contribution in [3.63, 3.8) is 0 Å². The van der Waals surface area contributed by atoms with Crippen LogP contribution in [0.15, 0.2) is 36.4 Å². The number of nitro benzene ring substituents is 2. The third-order valence-electron chi connectivity index (χ3n) is 8.22. The third-order valence-corrected chi connectivity index (χ3v) is 8.22. The van der Waals surface area contributed by atoms with E-state index in [1.807, 2.05) is 0 Å². The molecule has 0 radical (unpaired) electrons. The van der Waals surface area contributed by atoms with Crippen molar-refractivity contribution in [2.75, 3.05) is 81.9 Å². The van der Waals surface area contributed by atoms with Crippen LogP contribution in [0.2, 0.25) is 0 Å². The van der Waals surface area contributed by atoms with Gasteiger partial charge in [0.25, 0.3) is 11.4 Å². The van der Waals surface area contributed by atoms with E-state index in [4.69, 9.17) is 20.9 Å². The Balaban J connectivity index is 0.000000270. The molecule has 14 nitrogen and oxygen atoms in total. The van der Waals surface area contributed by atoms with Gasteiger partial charge in [-0.25, -0.2) is 4.39 Å². The smallest absolute Gasteiger partial charge is 0.292 e. The molecule has 47 heavy (non-hydrogen) atoms. The lowest BCUT2D eigenvalue weighted by Gasteiger charge is -2.41. The number of nitro groups is 2. The Hall–Kier alpha value is -3.63. The number of nitrogens with two attached hydrogens (primary N) is 2. The Morgan fingerprint density at radius 3 is 1.83 bits per heavy atom. The fourth-order valence-electron chi connectivity index (χ4n) is 5.25. The van der Waals surface area contributed by atoms with Crippen molar-refractivity contribution in [1.29, 1.82) is 0 Å². The Labute approximate surface area is 277 Å². The van der Waals surface area contributed by atoms with Gasteiger partial charge in [-0.15, -0.1) is 0 Å². The quantitative estimate of drug-likeness (QED) is 0.178. The minimum atomic E-state index is -0.658. The fraction of sp³-hybridized carbons (Fsp3) is 0.625. The Morgan fingerprint density at radius 1 is 0.851 bits per heavy atom. The van der Waals surface area contributed by atoms with E-state index in [9.17, 15) is 24.6 Å². The Bertz CT molecular complexity index is 1260. The molecule has 2 fully saturated rings. The lowest BCUT2D eigenvalue weighted by molar-refractivity contribution is -0.384. The van der Waals surface area contributed by atoms with E-state index in [1.54, 1.807) is 12.1 Å². The zero-order chi connectivity index (χ0) is 35.1. The number of nitrogen functional groups attached to an aromatic ring is 2. The number of anilines is 3. The molecule has 4 rings (SSSR count). The molecule has 264 valence electrons. The van der Waals surface area contributed by atoms with Crippen molar-refractivity contribution < 1.29 is 23.7 Å². The number of likely N-dealkylation sites (N-methyl/N-ethyl adjacent to an activating group) is 2. The van der Waals surface area contributed by atoms with Gasteiger partial charge in [0.1, 0.15) is 17.2 Å². The van der Waals surface area contributed by atoms with Crippen molar-refractivity contribution in [1.82, 2.24) is 15.1 Å². The van der Waals surface area contributed by atoms with Crippen LogP contribution in [-0.2, 0) is 9.47 Å². The van der Waals surface area contributed by atoms with E-state index in [2.05, 4.69) is 61.6 Å².